The first-order valence-corrected chi connectivity index (χ1v) is 9.44. The van der Waals surface area contributed by atoms with Crippen LogP contribution < -0.4 is 0 Å². The molecule has 1 atom stereocenters. The zero-order chi connectivity index (χ0) is 17.0. The van der Waals surface area contributed by atoms with Crippen LogP contribution in [0.4, 0.5) is 0 Å². The van der Waals surface area contributed by atoms with Gasteiger partial charge in [-0.15, -0.1) is 0 Å². The molecule has 0 saturated heterocycles. The molecule has 4 heteroatoms. The van der Waals surface area contributed by atoms with Crippen LogP contribution in [0.15, 0.2) is 30.9 Å². The van der Waals surface area contributed by atoms with Crippen LogP contribution in [0.5, 0.6) is 0 Å². The van der Waals surface area contributed by atoms with E-state index < -0.39 is 0 Å². The van der Waals surface area contributed by atoms with Gasteiger partial charge in [0.2, 0.25) is 0 Å². The molecule has 0 aliphatic rings. The smallest absolute Gasteiger partial charge is 0.0946 e. The van der Waals surface area contributed by atoms with Gasteiger partial charge in [0.1, 0.15) is 0 Å². The van der Waals surface area contributed by atoms with Crippen molar-refractivity contribution in [3.8, 4) is 0 Å². The molecule has 0 radical (unpaired) electrons. The largest absolute Gasteiger partial charge is 0.365 e. The van der Waals surface area contributed by atoms with Crippen LogP contribution in [0.2, 0.25) is 0 Å². The second-order valence-corrected chi connectivity index (χ2v) is 7.56. The monoisotopic (exact) mass is 332 g/mol. The number of rotatable bonds is 7. The second-order valence-electron chi connectivity index (χ2n) is 6.65. The number of benzene rings is 1. The zero-order valence-corrected chi connectivity index (χ0v) is 15.9. The normalized spacial score (nSPS) is 13.3. The van der Waals surface area contributed by atoms with E-state index in [1.807, 2.05) is 30.5 Å². The molecule has 1 aromatic carbocycles. The lowest BCUT2D eigenvalue weighted by Gasteiger charge is -2.33. The highest BCUT2D eigenvalue weighted by Crippen LogP contribution is 2.32. The fourth-order valence-corrected chi connectivity index (χ4v) is 3.57. The average molecular weight is 333 g/mol. The van der Waals surface area contributed by atoms with E-state index in [-0.39, 0.29) is 11.7 Å². The molecule has 0 amide bonds. The number of hydrogen-bond acceptors (Lipinski definition) is 3. The Balaban J connectivity index is 2.21. The third-order valence-corrected chi connectivity index (χ3v) is 5.20. The molecule has 0 fully saturated rings. The lowest BCUT2D eigenvalue weighted by molar-refractivity contribution is -0.0723. The molecule has 23 heavy (non-hydrogen) atoms. The number of ether oxygens (including phenoxy) is 1. The zero-order valence-electron chi connectivity index (χ0n) is 15.1. The van der Waals surface area contributed by atoms with Crippen LogP contribution >= 0.6 is 11.8 Å². The minimum Gasteiger partial charge on any atom is -0.365 e. The molecule has 2 rings (SSSR count). The summed E-state index contributed by atoms with van der Waals surface area (Å²) in [6, 6.07) is 4.41. The van der Waals surface area contributed by atoms with E-state index in [4.69, 9.17) is 4.74 Å². The highest BCUT2D eigenvalue weighted by atomic mass is 32.2. The minimum absolute atomic E-state index is 0.148. The van der Waals surface area contributed by atoms with Crippen molar-refractivity contribution >= 4 is 11.8 Å². The van der Waals surface area contributed by atoms with Crippen LogP contribution in [0.3, 0.4) is 0 Å². The second kappa shape index (κ2) is 7.54. The maximum Gasteiger partial charge on any atom is 0.0946 e. The summed E-state index contributed by atoms with van der Waals surface area (Å²) >= 11 is 1.82. The first-order valence-electron chi connectivity index (χ1n) is 8.05. The number of aryl methyl sites for hydroxylation is 1. The highest BCUT2D eigenvalue weighted by molar-refractivity contribution is 7.98. The molecule has 3 nitrogen and oxygen atoms in total. The van der Waals surface area contributed by atoms with E-state index in [1.165, 1.54) is 22.3 Å². The van der Waals surface area contributed by atoms with Crippen molar-refractivity contribution in [3.63, 3.8) is 0 Å². The predicted octanol–water partition coefficient (Wildman–Crippen LogP) is 4.49. The van der Waals surface area contributed by atoms with Gasteiger partial charge in [-0.05, 0) is 63.1 Å². The van der Waals surface area contributed by atoms with E-state index in [0.717, 1.165) is 12.3 Å². The fourth-order valence-electron chi connectivity index (χ4n) is 3.03. The summed E-state index contributed by atoms with van der Waals surface area (Å²) in [6.45, 7) is 11.7. The molecule has 0 spiro atoms. The summed E-state index contributed by atoms with van der Waals surface area (Å²) in [7, 11) is 0. The third-order valence-electron chi connectivity index (χ3n) is 4.49. The van der Waals surface area contributed by atoms with Gasteiger partial charge in [-0.25, -0.2) is 4.98 Å². The first kappa shape index (κ1) is 18.1. The molecule has 1 heterocycles. The van der Waals surface area contributed by atoms with Gasteiger partial charge in [0.25, 0.3) is 0 Å². The summed E-state index contributed by atoms with van der Waals surface area (Å²) in [5.41, 5.74) is 4.98. The van der Waals surface area contributed by atoms with Crippen LogP contribution in [0.1, 0.15) is 36.1 Å². The molecule has 0 N–H and O–H groups in total. The molecule has 1 unspecified atom stereocenters. The molecule has 0 saturated carbocycles. The maximum atomic E-state index is 6.54. The average Bonchev–Trinajstić information content (AvgIpc) is 2.97. The number of hydrogen-bond donors (Lipinski definition) is 0. The quantitative estimate of drug-likeness (QED) is 0.747. The molecular formula is C19H28N2OS. The van der Waals surface area contributed by atoms with Crippen LogP contribution in [-0.4, -0.2) is 27.7 Å². The van der Waals surface area contributed by atoms with Gasteiger partial charge in [-0.3, -0.25) is 0 Å². The highest BCUT2D eigenvalue weighted by Gasteiger charge is 2.28. The number of aromatic nitrogens is 2. The summed E-state index contributed by atoms with van der Waals surface area (Å²) in [6.07, 6.45) is 7.93. The van der Waals surface area contributed by atoms with Crippen molar-refractivity contribution in [1.29, 1.82) is 0 Å². The van der Waals surface area contributed by atoms with Crippen LogP contribution in [0.25, 0.3) is 0 Å². The Morgan fingerprint density at radius 2 is 1.96 bits per heavy atom. The van der Waals surface area contributed by atoms with Gasteiger partial charge < -0.3 is 9.30 Å². The Labute approximate surface area is 144 Å². The maximum absolute atomic E-state index is 6.54. The van der Waals surface area contributed by atoms with Crippen molar-refractivity contribution < 1.29 is 4.74 Å². The molecular weight excluding hydrogens is 304 g/mol. The predicted molar refractivity (Wildman–Crippen MR) is 99.2 cm³/mol. The van der Waals surface area contributed by atoms with Crippen molar-refractivity contribution in [2.24, 2.45) is 0 Å². The van der Waals surface area contributed by atoms with E-state index in [9.17, 15) is 0 Å². The van der Waals surface area contributed by atoms with Gasteiger partial charge in [0, 0.05) is 18.1 Å². The molecule has 0 aliphatic heterocycles. The van der Waals surface area contributed by atoms with Gasteiger partial charge in [-0.2, -0.15) is 11.8 Å². The fraction of sp³-hybridized carbons (Fsp3) is 0.526. The summed E-state index contributed by atoms with van der Waals surface area (Å²) < 4.78 is 8.63. The molecule has 126 valence electrons. The SMILES string of the molecule is CSCC(Cn1ccnc1)OC(C)(C)c1ccc(C)c(C)c1C. The number of imidazole rings is 1. The molecule has 1 aromatic heterocycles. The standard InChI is InChI=1S/C19H28N2OS/c1-14-7-8-18(16(3)15(14)2)19(4,5)22-17(12-23-6)11-21-10-9-20-13-21/h7-10,13,17H,11-12H2,1-6H3. The number of nitrogens with zero attached hydrogens (tertiary/aromatic N) is 2. The van der Waals surface area contributed by atoms with Gasteiger partial charge in [-0.1, -0.05) is 12.1 Å². The van der Waals surface area contributed by atoms with Gasteiger partial charge in [0.05, 0.1) is 24.6 Å². The van der Waals surface area contributed by atoms with E-state index in [1.54, 1.807) is 0 Å². The lowest BCUT2D eigenvalue weighted by atomic mass is 9.89. The summed E-state index contributed by atoms with van der Waals surface area (Å²) in [4.78, 5) is 4.13. The lowest BCUT2D eigenvalue weighted by Crippen LogP contribution is -2.33. The Morgan fingerprint density at radius 3 is 2.57 bits per heavy atom. The summed E-state index contributed by atoms with van der Waals surface area (Å²) in [5.74, 6) is 0.964. The van der Waals surface area contributed by atoms with E-state index in [0.29, 0.717) is 0 Å². The minimum atomic E-state index is -0.316. The third kappa shape index (κ3) is 4.39. The van der Waals surface area contributed by atoms with Crippen molar-refractivity contribution in [2.45, 2.75) is 52.9 Å². The molecule has 0 aliphatic carbocycles. The number of thioether (sulfide) groups is 1. The van der Waals surface area contributed by atoms with Gasteiger partial charge in [0.15, 0.2) is 0 Å². The van der Waals surface area contributed by atoms with E-state index >= 15 is 0 Å². The Hall–Kier alpha value is -1.26. The Kier molecular flexibility index (Phi) is 5.93. The summed E-state index contributed by atoms with van der Waals surface area (Å²) in [5, 5.41) is 0. The molecule has 0 bridgehead atoms. The topological polar surface area (TPSA) is 27.1 Å². The van der Waals surface area contributed by atoms with Crippen LogP contribution in [0, 0.1) is 20.8 Å². The molecule has 2 aromatic rings. The van der Waals surface area contributed by atoms with Gasteiger partial charge >= 0.3 is 0 Å². The first-order chi connectivity index (χ1) is 10.8. The Morgan fingerprint density at radius 1 is 1.22 bits per heavy atom. The van der Waals surface area contributed by atoms with Crippen molar-refractivity contribution in [2.75, 3.05) is 12.0 Å². The van der Waals surface area contributed by atoms with Crippen LogP contribution in [-0.2, 0) is 16.9 Å². The van der Waals surface area contributed by atoms with E-state index in [2.05, 4.69) is 62.6 Å². The van der Waals surface area contributed by atoms with Crippen molar-refractivity contribution in [1.82, 2.24) is 9.55 Å². The Bertz CT molecular complexity index is 635. The van der Waals surface area contributed by atoms with Crippen molar-refractivity contribution in [3.05, 3.63) is 53.1 Å².